The molecule has 0 saturated heterocycles. The summed E-state index contributed by atoms with van der Waals surface area (Å²) >= 11 is 1.44. The number of thioether (sulfide) groups is 1. The summed E-state index contributed by atoms with van der Waals surface area (Å²) in [6, 6.07) is 22.1. The Kier molecular flexibility index (Phi) is 6.92. The number of hydrogen-bond acceptors (Lipinski definition) is 4. The molecule has 0 aliphatic rings. The monoisotopic (exact) mass is 406 g/mol. The first-order valence-corrected chi connectivity index (χ1v) is 10.1. The topological polar surface area (TPSA) is 67.4 Å². The largest absolute Gasteiger partial charge is 0.497 e. The first-order chi connectivity index (χ1) is 14.0. The van der Waals surface area contributed by atoms with Crippen LogP contribution in [-0.4, -0.2) is 24.7 Å². The van der Waals surface area contributed by atoms with Crippen LogP contribution < -0.4 is 15.4 Å². The molecular formula is C23H22N2O3S. The van der Waals surface area contributed by atoms with Crippen LogP contribution >= 0.6 is 11.8 Å². The molecule has 0 spiro atoms. The van der Waals surface area contributed by atoms with Gasteiger partial charge in [0.2, 0.25) is 5.91 Å². The molecule has 0 aliphatic carbocycles. The average molecular weight is 407 g/mol. The zero-order valence-corrected chi connectivity index (χ0v) is 17.1. The lowest BCUT2D eigenvalue weighted by atomic mass is 10.2. The predicted molar refractivity (Wildman–Crippen MR) is 118 cm³/mol. The minimum atomic E-state index is -0.207. The molecule has 0 saturated carbocycles. The maximum atomic E-state index is 12.4. The number of methoxy groups -OCH3 is 1. The first kappa shape index (κ1) is 20.5. The Hall–Kier alpha value is -3.25. The smallest absolute Gasteiger partial charge is 0.255 e. The summed E-state index contributed by atoms with van der Waals surface area (Å²) in [4.78, 5) is 25.5. The van der Waals surface area contributed by atoms with Crippen LogP contribution in [0.3, 0.4) is 0 Å². The van der Waals surface area contributed by atoms with Crippen LogP contribution in [0.25, 0.3) is 0 Å². The molecule has 0 heterocycles. The van der Waals surface area contributed by atoms with Crippen molar-refractivity contribution in [1.82, 2.24) is 0 Å². The van der Waals surface area contributed by atoms with E-state index in [9.17, 15) is 9.59 Å². The molecule has 2 amide bonds. The van der Waals surface area contributed by atoms with E-state index in [0.717, 1.165) is 16.1 Å². The molecule has 0 unspecified atom stereocenters. The SMILES string of the molecule is COc1cccc(C(=O)Nc2ccc(SCC(=O)Nc3ccccc3C)cc2)c1. The van der Waals surface area contributed by atoms with Crippen LogP contribution in [0.15, 0.2) is 77.7 Å². The fraction of sp³-hybridized carbons (Fsp3) is 0.130. The lowest BCUT2D eigenvalue weighted by Crippen LogP contribution is -2.14. The van der Waals surface area contributed by atoms with Gasteiger partial charge >= 0.3 is 0 Å². The number of anilines is 2. The first-order valence-electron chi connectivity index (χ1n) is 9.09. The standard InChI is InChI=1S/C23H22N2O3S/c1-16-6-3-4-9-21(16)25-22(26)15-29-20-12-10-18(11-13-20)24-23(27)17-7-5-8-19(14-17)28-2/h3-14H,15H2,1-2H3,(H,24,27)(H,25,26). The number of hydrogen-bond donors (Lipinski definition) is 2. The van der Waals surface area contributed by atoms with Gasteiger partial charge < -0.3 is 15.4 Å². The van der Waals surface area contributed by atoms with E-state index in [1.807, 2.05) is 55.5 Å². The summed E-state index contributed by atoms with van der Waals surface area (Å²) in [5.74, 6) is 0.680. The van der Waals surface area contributed by atoms with Gasteiger partial charge in [-0.3, -0.25) is 9.59 Å². The Balaban J connectivity index is 1.52. The lowest BCUT2D eigenvalue weighted by molar-refractivity contribution is -0.113. The highest BCUT2D eigenvalue weighted by molar-refractivity contribution is 8.00. The molecular weight excluding hydrogens is 384 g/mol. The summed E-state index contributed by atoms with van der Waals surface area (Å²) in [5.41, 5.74) is 3.07. The molecule has 0 aliphatic heterocycles. The van der Waals surface area contributed by atoms with Crippen molar-refractivity contribution in [3.8, 4) is 5.75 Å². The van der Waals surface area contributed by atoms with Gasteiger partial charge in [0, 0.05) is 21.8 Å². The molecule has 3 aromatic rings. The highest BCUT2D eigenvalue weighted by Gasteiger charge is 2.08. The Morgan fingerprint density at radius 3 is 2.41 bits per heavy atom. The van der Waals surface area contributed by atoms with E-state index in [4.69, 9.17) is 4.74 Å². The van der Waals surface area contributed by atoms with Crippen LogP contribution in [0, 0.1) is 6.92 Å². The summed E-state index contributed by atoms with van der Waals surface area (Å²) in [6.45, 7) is 1.96. The van der Waals surface area contributed by atoms with E-state index >= 15 is 0 Å². The molecule has 2 N–H and O–H groups in total. The zero-order valence-electron chi connectivity index (χ0n) is 16.3. The van der Waals surface area contributed by atoms with Crippen LogP contribution in [-0.2, 0) is 4.79 Å². The zero-order chi connectivity index (χ0) is 20.6. The quantitative estimate of drug-likeness (QED) is 0.543. The number of nitrogens with one attached hydrogen (secondary N) is 2. The average Bonchev–Trinajstić information content (AvgIpc) is 2.75. The maximum Gasteiger partial charge on any atom is 0.255 e. The number of amides is 2. The molecule has 148 valence electrons. The molecule has 0 bridgehead atoms. The van der Waals surface area contributed by atoms with Crippen LogP contribution in [0.5, 0.6) is 5.75 Å². The molecule has 0 fully saturated rings. The molecule has 0 atom stereocenters. The highest BCUT2D eigenvalue weighted by atomic mass is 32.2. The van der Waals surface area contributed by atoms with Crippen molar-refractivity contribution in [1.29, 1.82) is 0 Å². The van der Waals surface area contributed by atoms with Gasteiger partial charge in [-0.05, 0) is 61.0 Å². The van der Waals surface area contributed by atoms with Gasteiger partial charge in [-0.25, -0.2) is 0 Å². The second kappa shape index (κ2) is 9.80. The minimum absolute atomic E-state index is 0.0558. The molecule has 0 aromatic heterocycles. The number of aryl methyl sites for hydroxylation is 1. The molecule has 0 radical (unpaired) electrons. The van der Waals surface area contributed by atoms with Crippen LogP contribution in [0.4, 0.5) is 11.4 Å². The van der Waals surface area contributed by atoms with Gasteiger partial charge in [-0.1, -0.05) is 24.3 Å². The van der Waals surface area contributed by atoms with Gasteiger partial charge in [0.05, 0.1) is 12.9 Å². The van der Waals surface area contributed by atoms with Crippen molar-refractivity contribution in [3.05, 3.63) is 83.9 Å². The number of benzene rings is 3. The van der Waals surface area contributed by atoms with Crippen molar-refractivity contribution >= 4 is 35.0 Å². The maximum absolute atomic E-state index is 12.4. The Labute approximate surface area is 174 Å². The minimum Gasteiger partial charge on any atom is -0.497 e. The van der Waals surface area contributed by atoms with Crippen molar-refractivity contribution in [3.63, 3.8) is 0 Å². The highest BCUT2D eigenvalue weighted by Crippen LogP contribution is 2.22. The van der Waals surface area contributed by atoms with E-state index in [2.05, 4.69) is 10.6 Å². The van der Waals surface area contributed by atoms with E-state index < -0.39 is 0 Å². The number of ether oxygens (including phenoxy) is 1. The Morgan fingerprint density at radius 1 is 0.931 bits per heavy atom. The Bertz CT molecular complexity index is 1000. The number of carbonyl (C=O) groups excluding carboxylic acids is 2. The molecule has 3 rings (SSSR count). The molecule has 3 aromatic carbocycles. The molecule has 29 heavy (non-hydrogen) atoms. The van der Waals surface area contributed by atoms with Crippen molar-refractivity contribution in [2.75, 3.05) is 23.5 Å². The van der Waals surface area contributed by atoms with Crippen molar-refractivity contribution in [2.45, 2.75) is 11.8 Å². The fourth-order valence-corrected chi connectivity index (χ4v) is 3.35. The third-order valence-corrected chi connectivity index (χ3v) is 5.25. The van der Waals surface area contributed by atoms with Gasteiger partial charge in [0.15, 0.2) is 0 Å². The second-order valence-electron chi connectivity index (χ2n) is 6.36. The van der Waals surface area contributed by atoms with E-state index in [1.54, 1.807) is 31.4 Å². The van der Waals surface area contributed by atoms with E-state index in [1.165, 1.54) is 11.8 Å². The molecule has 5 nitrogen and oxygen atoms in total. The molecule has 6 heteroatoms. The lowest BCUT2D eigenvalue weighted by Gasteiger charge is -2.09. The van der Waals surface area contributed by atoms with E-state index in [0.29, 0.717) is 22.8 Å². The van der Waals surface area contributed by atoms with E-state index in [-0.39, 0.29) is 11.8 Å². The van der Waals surface area contributed by atoms with Crippen LogP contribution in [0.2, 0.25) is 0 Å². The fourth-order valence-electron chi connectivity index (χ4n) is 2.65. The van der Waals surface area contributed by atoms with Gasteiger partial charge in [0.1, 0.15) is 5.75 Å². The summed E-state index contributed by atoms with van der Waals surface area (Å²) < 4.78 is 5.15. The third kappa shape index (κ3) is 5.86. The summed E-state index contributed by atoms with van der Waals surface area (Å²) in [7, 11) is 1.56. The second-order valence-corrected chi connectivity index (χ2v) is 7.41. The van der Waals surface area contributed by atoms with Gasteiger partial charge in [0.25, 0.3) is 5.91 Å². The van der Waals surface area contributed by atoms with Crippen molar-refractivity contribution < 1.29 is 14.3 Å². The van der Waals surface area contributed by atoms with Crippen LogP contribution in [0.1, 0.15) is 15.9 Å². The van der Waals surface area contributed by atoms with Crippen molar-refractivity contribution in [2.24, 2.45) is 0 Å². The number of para-hydroxylation sites is 1. The number of rotatable bonds is 7. The van der Waals surface area contributed by atoms with Gasteiger partial charge in [-0.2, -0.15) is 0 Å². The normalized spacial score (nSPS) is 10.3. The van der Waals surface area contributed by atoms with Gasteiger partial charge in [-0.15, -0.1) is 11.8 Å². The summed E-state index contributed by atoms with van der Waals surface area (Å²) in [6.07, 6.45) is 0. The summed E-state index contributed by atoms with van der Waals surface area (Å²) in [5, 5.41) is 5.78. The number of carbonyl (C=O) groups is 2. The Morgan fingerprint density at radius 2 is 1.69 bits per heavy atom. The third-order valence-electron chi connectivity index (χ3n) is 4.23. The predicted octanol–water partition coefficient (Wildman–Crippen LogP) is 4.99.